The van der Waals surface area contributed by atoms with Crippen LogP contribution in [0.3, 0.4) is 0 Å². The number of ether oxygens (including phenoxy) is 1. The van der Waals surface area contributed by atoms with Gasteiger partial charge in [-0.2, -0.15) is 0 Å². The summed E-state index contributed by atoms with van der Waals surface area (Å²) in [6, 6.07) is 5.68. The highest BCUT2D eigenvalue weighted by Gasteiger charge is 2.15. The quantitative estimate of drug-likeness (QED) is 0.814. The van der Waals surface area contributed by atoms with E-state index < -0.39 is 16.0 Å². The first-order valence-electron chi connectivity index (χ1n) is 6.69. The summed E-state index contributed by atoms with van der Waals surface area (Å²) >= 11 is 0. The molecule has 20 heavy (non-hydrogen) atoms. The zero-order chi connectivity index (χ0) is 14.6. The van der Waals surface area contributed by atoms with Gasteiger partial charge in [0.2, 0.25) is 10.0 Å². The van der Waals surface area contributed by atoms with E-state index in [1.165, 1.54) is 18.2 Å². The van der Waals surface area contributed by atoms with E-state index in [0.29, 0.717) is 5.69 Å². The maximum Gasteiger partial charge on any atom is 0.305 e. The number of hydrogen-bond donors (Lipinski definition) is 1. The van der Waals surface area contributed by atoms with Gasteiger partial charge in [-0.05, 0) is 48.9 Å². The standard InChI is InChI=1S/C14H19NO4S/c1-19-14(16)6-3-9-20(17,18)15-13-8-7-11-4-2-5-12(11)10-13/h7-8,10,15H,2-6,9H2,1H3. The highest BCUT2D eigenvalue weighted by Crippen LogP contribution is 2.25. The van der Waals surface area contributed by atoms with Crippen LogP contribution >= 0.6 is 0 Å². The van der Waals surface area contributed by atoms with Crippen LogP contribution < -0.4 is 4.72 Å². The summed E-state index contributed by atoms with van der Waals surface area (Å²) in [5, 5.41) is 0. The minimum Gasteiger partial charge on any atom is -0.469 e. The van der Waals surface area contributed by atoms with Crippen LogP contribution in [0.2, 0.25) is 0 Å². The molecule has 0 atom stereocenters. The molecule has 1 N–H and O–H groups in total. The maximum atomic E-state index is 11.9. The zero-order valence-electron chi connectivity index (χ0n) is 11.5. The third-order valence-corrected chi connectivity index (χ3v) is 4.77. The molecular formula is C14H19NO4S. The topological polar surface area (TPSA) is 72.5 Å². The molecule has 1 aliphatic rings. The van der Waals surface area contributed by atoms with Crippen LogP contribution in [-0.2, 0) is 32.4 Å². The molecule has 6 heteroatoms. The molecule has 0 bridgehead atoms. The van der Waals surface area contributed by atoms with Crippen LogP contribution in [0.5, 0.6) is 0 Å². The summed E-state index contributed by atoms with van der Waals surface area (Å²) in [5.41, 5.74) is 3.13. The fourth-order valence-corrected chi connectivity index (χ4v) is 3.49. The summed E-state index contributed by atoms with van der Waals surface area (Å²) in [7, 11) is -2.12. The number of anilines is 1. The van der Waals surface area contributed by atoms with Gasteiger partial charge in [0.1, 0.15) is 0 Å². The largest absolute Gasteiger partial charge is 0.469 e. The van der Waals surface area contributed by atoms with Crippen LogP contribution in [0.25, 0.3) is 0 Å². The van der Waals surface area contributed by atoms with Gasteiger partial charge in [-0.25, -0.2) is 8.42 Å². The summed E-state index contributed by atoms with van der Waals surface area (Å²) in [6.45, 7) is 0. The molecule has 0 saturated heterocycles. The number of fused-ring (bicyclic) bond motifs is 1. The molecule has 0 fully saturated rings. The van der Waals surface area contributed by atoms with Gasteiger partial charge in [-0.1, -0.05) is 6.07 Å². The van der Waals surface area contributed by atoms with Crippen molar-refractivity contribution in [3.63, 3.8) is 0 Å². The predicted octanol–water partition coefficient (Wildman–Crippen LogP) is 1.87. The molecule has 0 aromatic heterocycles. The predicted molar refractivity (Wildman–Crippen MR) is 77.1 cm³/mol. The number of sulfonamides is 1. The van der Waals surface area contributed by atoms with Crippen LogP contribution in [0, 0.1) is 0 Å². The van der Waals surface area contributed by atoms with E-state index in [2.05, 4.69) is 9.46 Å². The van der Waals surface area contributed by atoms with Crippen molar-refractivity contribution in [3.8, 4) is 0 Å². The third kappa shape index (κ3) is 3.96. The molecule has 2 rings (SSSR count). The molecule has 1 aromatic rings. The van der Waals surface area contributed by atoms with Crippen LogP contribution in [0.15, 0.2) is 18.2 Å². The van der Waals surface area contributed by atoms with Gasteiger partial charge in [0.15, 0.2) is 0 Å². The molecule has 5 nitrogen and oxygen atoms in total. The van der Waals surface area contributed by atoms with Crippen LogP contribution in [0.4, 0.5) is 5.69 Å². The Hall–Kier alpha value is -1.56. The Bertz CT molecular complexity index is 595. The second-order valence-corrected chi connectivity index (χ2v) is 6.78. The molecular weight excluding hydrogens is 278 g/mol. The number of hydrogen-bond acceptors (Lipinski definition) is 4. The molecule has 0 unspecified atom stereocenters. The molecule has 0 amide bonds. The average Bonchev–Trinajstić information content (AvgIpc) is 2.85. The molecule has 0 heterocycles. The van der Waals surface area contributed by atoms with E-state index in [1.807, 2.05) is 12.1 Å². The summed E-state index contributed by atoms with van der Waals surface area (Å²) in [5.74, 6) is -0.475. The van der Waals surface area contributed by atoms with E-state index in [1.54, 1.807) is 6.07 Å². The van der Waals surface area contributed by atoms with E-state index >= 15 is 0 Å². The Morgan fingerprint density at radius 2 is 2.05 bits per heavy atom. The normalized spacial score (nSPS) is 13.8. The van der Waals surface area contributed by atoms with Gasteiger partial charge in [0.05, 0.1) is 12.9 Å². The number of rotatable bonds is 6. The van der Waals surface area contributed by atoms with Crippen molar-refractivity contribution in [1.82, 2.24) is 0 Å². The minimum atomic E-state index is -3.41. The van der Waals surface area contributed by atoms with Gasteiger partial charge in [0, 0.05) is 12.1 Å². The second kappa shape index (κ2) is 6.26. The van der Waals surface area contributed by atoms with Gasteiger partial charge in [-0.3, -0.25) is 9.52 Å². The lowest BCUT2D eigenvalue weighted by Gasteiger charge is -2.09. The lowest BCUT2D eigenvalue weighted by molar-refractivity contribution is -0.140. The smallest absolute Gasteiger partial charge is 0.305 e. The maximum absolute atomic E-state index is 11.9. The first kappa shape index (κ1) is 14.8. The highest BCUT2D eigenvalue weighted by atomic mass is 32.2. The van der Waals surface area contributed by atoms with Crippen molar-refractivity contribution in [3.05, 3.63) is 29.3 Å². The van der Waals surface area contributed by atoms with Gasteiger partial charge in [-0.15, -0.1) is 0 Å². The fourth-order valence-electron chi connectivity index (χ4n) is 2.37. The number of esters is 1. The van der Waals surface area contributed by atoms with Gasteiger partial charge >= 0.3 is 5.97 Å². The summed E-state index contributed by atoms with van der Waals surface area (Å²) < 4.78 is 30.9. The van der Waals surface area contributed by atoms with Crippen molar-refractivity contribution in [1.29, 1.82) is 0 Å². The minimum absolute atomic E-state index is 0.0841. The van der Waals surface area contributed by atoms with Crippen LogP contribution in [-0.4, -0.2) is 27.2 Å². The SMILES string of the molecule is COC(=O)CCCS(=O)(=O)Nc1ccc2c(c1)CCC2. The van der Waals surface area contributed by atoms with Gasteiger partial charge in [0.25, 0.3) is 0 Å². The lowest BCUT2D eigenvalue weighted by Crippen LogP contribution is -2.17. The van der Waals surface area contributed by atoms with Gasteiger partial charge < -0.3 is 4.74 Å². The van der Waals surface area contributed by atoms with Crippen molar-refractivity contribution in [2.45, 2.75) is 32.1 Å². The summed E-state index contributed by atoms with van der Waals surface area (Å²) in [6.07, 6.45) is 3.58. The summed E-state index contributed by atoms with van der Waals surface area (Å²) in [4.78, 5) is 10.9. The van der Waals surface area contributed by atoms with E-state index in [-0.39, 0.29) is 18.6 Å². The monoisotopic (exact) mass is 297 g/mol. The molecule has 110 valence electrons. The Balaban J connectivity index is 1.93. The number of carbonyl (C=O) groups excluding carboxylic acids is 1. The van der Waals surface area contributed by atoms with Crippen molar-refractivity contribution < 1.29 is 17.9 Å². The van der Waals surface area contributed by atoms with Crippen molar-refractivity contribution in [2.24, 2.45) is 0 Å². The first-order chi connectivity index (χ1) is 9.50. The molecule has 1 aromatic carbocycles. The first-order valence-corrected chi connectivity index (χ1v) is 8.34. The molecule has 1 aliphatic carbocycles. The number of carbonyl (C=O) groups is 1. The number of methoxy groups -OCH3 is 1. The average molecular weight is 297 g/mol. The second-order valence-electron chi connectivity index (χ2n) is 4.94. The number of benzene rings is 1. The molecule has 0 aliphatic heterocycles. The van der Waals surface area contributed by atoms with E-state index in [4.69, 9.17) is 0 Å². The third-order valence-electron chi connectivity index (χ3n) is 3.39. The highest BCUT2D eigenvalue weighted by molar-refractivity contribution is 7.92. The Kier molecular flexibility index (Phi) is 4.65. The van der Waals surface area contributed by atoms with E-state index in [9.17, 15) is 13.2 Å². The molecule has 0 radical (unpaired) electrons. The zero-order valence-corrected chi connectivity index (χ0v) is 12.3. The Labute approximate surface area is 119 Å². The number of aryl methyl sites for hydroxylation is 2. The Morgan fingerprint density at radius 1 is 1.30 bits per heavy atom. The Morgan fingerprint density at radius 3 is 2.80 bits per heavy atom. The van der Waals surface area contributed by atoms with Crippen molar-refractivity contribution >= 4 is 21.7 Å². The molecule has 0 saturated carbocycles. The fraction of sp³-hybridized carbons (Fsp3) is 0.500. The lowest BCUT2D eigenvalue weighted by atomic mass is 10.1. The van der Waals surface area contributed by atoms with Crippen molar-refractivity contribution in [2.75, 3.05) is 17.6 Å². The van der Waals surface area contributed by atoms with E-state index in [0.717, 1.165) is 19.3 Å². The molecule has 0 spiro atoms. The number of nitrogens with one attached hydrogen (secondary N) is 1. The van der Waals surface area contributed by atoms with Crippen LogP contribution in [0.1, 0.15) is 30.4 Å².